The van der Waals surface area contributed by atoms with Gasteiger partial charge in [0.2, 0.25) is 10.0 Å². The zero-order valence-corrected chi connectivity index (χ0v) is 24.2. The molecule has 2 aliphatic heterocycles. The van der Waals surface area contributed by atoms with Gasteiger partial charge in [0.25, 0.3) is 5.91 Å². The van der Waals surface area contributed by atoms with E-state index < -0.39 is 10.0 Å². The number of likely N-dealkylation sites (tertiary alicyclic amines) is 1. The molecule has 2 aromatic carbocycles. The largest absolute Gasteiger partial charge is 0.491 e. The third kappa shape index (κ3) is 5.95. The minimum Gasteiger partial charge on any atom is -0.491 e. The number of carbonyl (C=O) groups excluding carboxylic acids is 1. The van der Waals surface area contributed by atoms with Crippen molar-refractivity contribution in [3.8, 4) is 34.1 Å². The molecule has 1 fully saturated rings. The highest BCUT2D eigenvalue weighted by Gasteiger charge is 2.25. The Balaban J connectivity index is 1.29. The first-order valence-corrected chi connectivity index (χ1v) is 16.0. The molecule has 0 bridgehead atoms. The number of nitrogens with zero attached hydrogens (tertiary/aromatic N) is 4. The second-order valence-electron chi connectivity index (χ2n) is 10.9. The molecule has 0 unspecified atom stereocenters. The van der Waals surface area contributed by atoms with Gasteiger partial charge >= 0.3 is 0 Å². The first-order chi connectivity index (χ1) is 20.3. The van der Waals surface area contributed by atoms with Crippen molar-refractivity contribution < 1.29 is 17.9 Å². The van der Waals surface area contributed by atoms with Crippen molar-refractivity contribution in [3.63, 3.8) is 0 Å². The number of sulfonamides is 1. The van der Waals surface area contributed by atoms with Crippen LogP contribution in [-0.4, -0.2) is 79.7 Å². The lowest BCUT2D eigenvalue weighted by molar-refractivity contribution is 0.0728. The van der Waals surface area contributed by atoms with E-state index in [1.54, 1.807) is 24.5 Å². The number of rotatable bonds is 7. The highest BCUT2D eigenvalue weighted by molar-refractivity contribution is 7.92. The Morgan fingerprint density at radius 3 is 2.62 bits per heavy atom. The fraction of sp³-hybridized carbons (Fsp3) is 0.323. The first-order valence-electron chi connectivity index (χ1n) is 14.1. The molecule has 0 aliphatic carbocycles. The SMILES string of the molecule is CS(=O)(=O)Nc1cc(C#N)cc(-c2c[nH]c3ncc(-c4ccc5c(c4)OCCN(CCN4CCCCC4)C5=O)cc23)c1. The number of hydrogen-bond acceptors (Lipinski definition) is 7. The van der Waals surface area contributed by atoms with Gasteiger partial charge in [0.05, 0.1) is 35.7 Å². The summed E-state index contributed by atoms with van der Waals surface area (Å²) in [6.07, 6.45) is 8.35. The molecule has 0 spiro atoms. The summed E-state index contributed by atoms with van der Waals surface area (Å²) in [6, 6.07) is 14.6. The first kappa shape index (κ1) is 27.8. The summed E-state index contributed by atoms with van der Waals surface area (Å²) in [5.74, 6) is 0.550. The van der Waals surface area contributed by atoms with Crippen molar-refractivity contribution in [1.29, 1.82) is 5.26 Å². The van der Waals surface area contributed by atoms with E-state index >= 15 is 0 Å². The van der Waals surface area contributed by atoms with Gasteiger partial charge < -0.3 is 19.5 Å². The van der Waals surface area contributed by atoms with Crippen LogP contribution in [0.15, 0.2) is 54.9 Å². The Bertz CT molecular complexity index is 1800. The van der Waals surface area contributed by atoms with Crippen molar-refractivity contribution in [1.82, 2.24) is 19.8 Å². The average Bonchev–Trinajstić information content (AvgIpc) is 3.34. The number of carbonyl (C=O) groups is 1. The maximum atomic E-state index is 13.4. The number of hydrogen-bond donors (Lipinski definition) is 2. The molecule has 4 aromatic rings. The van der Waals surface area contributed by atoms with E-state index in [4.69, 9.17) is 4.74 Å². The number of anilines is 1. The summed E-state index contributed by atoms with van der Waals surface area (Å²) in [5.41, 5.74) is 4.99. The van der Waals surface area contributed by atoms with Crippen LogP contribution >= 0.6 is 0 Å². The number of nitriles is 1. The van der Waals surface area contributed by atoms with E-state index in [1.165, 1.54) is 25.3 Å². The highest BCUT2D eigenvalue weighted by atomic mass is 32.2. The van der Waals surface area contributed by atoms with Gasteiger partial charge in [-0.2, -0.15) is 5.26 Å². The quantitative estimate of drug-likeness (QED) is 0.328. The molecule has 4 heterocycles. The molecule has 42 heavy (non-hydrogen) atoms. The number of aromatic nitrogens is 2. The number of nitrogens with one attached hydrogen (secondary N) is 2. The Morgan fingerprint density at radius 2 is 1.83 bits per heavy atom. The van der Waals surface area contributed by atoms with Gasteiger partial charge in [-0.25, -0.2) is 13.4 Å². The third-order valence-electron chi connectivity index (χ3n) is 7.79. The summed E-state index contributed by atoms with van der Waals surface area (Å²) in [5, 5.41) is 10.4. The van der Waals surface area contributed by atoms with Crippen LogP contribution in [0.25, 0.3) is 33.3 Å². The maximum Gasteiger partial charge on any atom is 0.257 e. The monoisotopic (exact) mass is 584 g/mol. The normalized spacial score (nSPS) is 16.0. The number of piperidine rings is 1. The fourth-order valence-corrected chi connectivity index (χ4v) is 6.26. The minimum absolute atomic E-state index is 0.0107. The van der Waals surface area contributed by atoms with Crippen molar-refractivity contribution >= 4 is 32.7 Å². The van der Waals surface area contributed by atoms with Crippen molar-refractivity contribution in [2.45, 2.75) is 19.3 Å². The topological polar surface area (TPSA) is 131 Å². The van der Waals surface area contributed by atoms with Gasteiger partial charge in [-0.15, -0.1) is 0 Å². The Kier molecular flexibility index (Phi) is 7.58. The smallest absolute Gasteiger partial charge is 0.257 e. The van der Waals surface area contributed by atoms with Crippen molar-refractivity contribution in [3.05, 3.63) is 66.0 Å². The average molecular weight is 585 g/mol. The van der Waals surface area contributed by atoms with Crippen LogP contribution in [0.5, 0.6) is 5.75 Å². The Morgan fingerprint density at radius 1 is 1.00 bits per heavy atom. The molecule has 0 radical (unpaired) electrons. The lowest BCUT2D eigenvalue weighted by Crippen LogP contribution is -2.41. The molecule has 0 saturated carbocycles. The van der Waals surface area contributed by atoms with Gasteiger partial charge in [-0.3, -0.25) is 9.52 Å². The molecular formula is C31H32N6O4S. The number of benzene rings is 2. The molecule has 216 valence electrons. The van der Waals surface area contributed by atoms with Crippen LogP contribution in [0.4, 0.5) is 5.69 Å². The van der Waals surface area contributed by atoms with Crippen molar-refractivity contribution in [2.75, 3.05) is 50.3 Å². The number of fused-ring (bicyclic) bond motifs is 2. The molecule has 11 heteroatoms. The standard InChI is InChI=1S/C31H32N6O4S/c1-42(39,40)35-25-14-21(18-32)13-23(15-25)28-20-34-30-27(28)16-24(19-33-30)22-5-6-26-29(17-22)41-12-11-37(31(26)38)10-9-36-7-3-2-4-8-36/h5-6,13-17,19-20,35H,2-4,7-12H2,1H3,(H,33,34). The van der Waals surface area contributed by atoms with Crippen LogP contribution in [0, 0.1) is 11.3 Å². The van der Waals surface area contributed by atoms with Crippen LogP contribution in [0.2, 0.25) is 0 Å². The second-order valence-corrected chi connectivity index (χ2v) is 12.6. The lowest BCUT2D eigenvalue weighted by atomic mass is 9.99. The number of H-pyrrole nitrogens is 1. The fourth-order valence-electron chi connectivity index (χ4n) is 5.71. The van der Waals surface area contributed by atoms with E-state index in [2.05, 4.69) is 25.7 Å². The van der Waals surface area contributed by atoms with E-state index in [0.717, 1.165) is 48.0 Å². The molecule has 1 amide bonds. The van der Waals surface area contributed by atoms with Crippen LogP contribution in [-0.2, 0) is 10.0 Å². The predicted molar refractivity (Wildman–Crippen MR) is 162 cm³/mol. The number of ether oxygens (including phenoxy) is 1. The molecule has 0 atom stereocenters. The molecule has 6 rings (SSSR count). The summed E-state index contributed by atoms with van der Waals surface area (Å²) in [6.45, 7) is 4.75. The summed E-state index contributed by atoms with van der Waals surface area (Å²) >= 11 is 0. The van der Waals surface area contributed by atoms with Crippen molar-refractivity contribution in [2.24, 2.45) is 0 Å². The molecule has 2 aliphatic rings. The summed E-state index contributed by atoms with van der Waals surface area (Å²) in [7, 11) is -3.52. The van der Waals surface area contributed by atoms with E-state index in [9.17, 15) is 18.5 Å². The zero-order chi connectivity index (χ0) is 29.3. The van der Waals surface area contributed by atoms with Gasteiger partial charge in [-0.05, 0) is 73.5 Å². The van der Waals surface area contributed by atoms with E-state index in [-0.39, 0.29) is 5.91 Å². The minimum atomic E-state index is -3.52. The lowest BCUT2D eigenvalue weighted by Gasteiger charge is -2.29. The molecule has 2 aromatic heterocycles. The second kappa shape index (κ2) is 11.5. The Labute approximate surface area is 245 Å². The molecular weight excluding hydrogens is 552 g/mol. The Hall–Kier alpha value is -4.40. The number of aromatic amines is 1. The van der Waals surface area contributed by atoms with Gasteiger partial charge in [0, 0.05) is 42.0 Å². The number of amides is 1. The molecule has 2 N–H and O–H groups in total. The summed E-state index contributed by atoms with van der Waals surface area (Å²) < 4.78 is 32.2. The van der Waals surface area contributed by atoms with Crippen LogP contribution in [0.3, 0.4) is 0 Å². The van der Waals surface area contributed by atoms with Gasteiger partial charge in [-0.1, -0.05) is 12.5 Å². The maximum absolute atomic E-state index is 13.4. The number of pyridine rings is 1. The predicted octanol–water partition coefficient (Wildman–Crippen LogP) is 4.46. The summed E-state index contributed by atoms with van der Waals surface area (Å²) in [4.78, 5) is 25.5. The van der Waals surface area contributed by atoms with E-state index in [1.807, 2.05) is 29.2 Å². The molecule has 10 nitrogen and oxygen atoms in total. The molecule has 1 saturated heterocycles. The van der Waals surface area contributed by atoms with Crippen LogP contribution < -0.4 is 9.46 Å². The van der Waals surface area contributed by atoms with Gasteiger partial charge in [0.15, 0.2) is 0 Å². The zero-order valence-electron chi connectivity index (χ0n) is 23.4. The van der Waals surface area contributed by atoms with E-state index in [0.29, 0.717) is 53.5 Å². The van der Waals surface area contributed by atoms with Gasteiger partial charge in [0.1, 0.15) is 18.0 Å². The van der Waals surface area contributed by atoms with Crippen LogP contribution in [0.1, 0.15) is 35.2 Å². The highest BCUT2D eigenvalue weighted by Crippen LogP contribution is 2.35. The third-order valence-corrected chi connectivity index (χ3v) is 8.40.